The van der Waals surface area contributed by atoms with Gasteiger partial charge in [0.25, 0.3) is 0 Å². The van der Waals surface area contributed by atoms with E-state index in [1.807, 2.05) is 12.1 Å². The molecule has 3 nitrogen and oxygen atoms in total. The first-order valence-corrected chi connectivity index (χ1v) is 5.92. The molecule has 0 atom stereocenters. The van der Waals surface area contributed by atoms with Gasteiger partial charge in [-0.2, -0.15) is 0 Å². The zero-order valence-electron chi connectivity index (χ0n) is 8.87. The maximum absolute atomic E-state index is 11.2. The highest BCUT2D eigenvalue weighted by molar-refractivity contribution is 9.10. The maximum atomic E-state index is 11.2. The van der Waals surface area contributed by atoms with Crippen molar-refractivity contribution in [3.63, 3.8) is 0 Å². The van der Waals surface area contributed by atoms with Crippen molar-refractivity contribution in [2.24, 2.45) is 0 Å². The van der Waals surface area contributed by atoms with Crippen molar-refractivity contribution in [1.29, 1.82) is 0 Å². The summed E-state index contributed by atoms with van der Waals surface area (Å²) in [7, 11) is 1.31. The Kier molecular flexibility index (Phi) is 3.54. The molecule has 5 heteroatoms. The normalized spacial score (nSPS) is 10.3. The molecule has 0 aliphatic carbocycles. The van der Waals surface area contributed by atoms with Crippen molar-refractivity contribution < 1.29 is 13.9 Å². The van der Waals surface area contributed by atoms with Gasteiger partial charge < -0.3 is 9.15 Å². The number of hydrogen-bond donors (Lipinski definition) is 0. The lowest BCUT2D eigenvalue weighted by Crippen LogP contribution is -1.98. The lowest BCUT2D eigenvalue weighted by Gasteiger charge is -2.00. The summed E-state index contributed by atoms with van der Waals surface area (Å²) < 4.78 is 10.7. The van der Waals surface area contributed by atoms with E-state index in [0.29, 0.717) is 10.8 Å². The fraction of sp³-hybridized carbons (Fsp3) is 0.0833. The molecule has 0 N–H and O–H groups in total. The van der Waals surface area contributed by atoms with Crippen molar-refractivity contribution in [3.8, 4) is 11.3 Å². The maximum Gasteiger partial charge on any atom is 0.373 e. The van der Waals surface area contributed by atoms with Crippen molar-refractivity contribution in [1.82, 2.24) is 0 Å². The highest BCUT2D eigenvalue weighted by Gasteiger charge is 2.12. The Morgan fingerprint density at radius 2 is 2.12 bits per heavy atom. The van der Waals surface area contributed by atoms with Crippen LogP contribution < -0.4 is 0 Å². The van der Waals surface area contributed by atoms with Crippen LogP contribution in [0, 0.1) is 0 Å². The largest absolute Gasteiger partial charge is 0.463 e. The Balaban J connectivity index is 2.37. The summed E-state index contributed by atoms with van der Waals surface area (Å²) in [6, 6.07) is 8.68. The van der Waals surface area contributed by atoms with Gasteiger partial charge in [-0.15, -0.1) is 0 Å². The summed E-state index contributed by atoms with van der Waals surface area (Å²) in [6.07, 6.45) is 0. The number of rotatable bonds is 2. The molecule has 0 amide bonds. The van der Waals surface area contributed by atoms with Crippen molar-refractivity contribution in [2.75, 3.05) is 7.11 Å². The van der Waals surface area contributed by atoms with Crippen LogP contribution in [-0.4, -0.2) is 13.1 Å². The number of esters is 1. The van der Waals surface area contributed by atoms with E-state index >= 15 is 0 Å². The molecule has 0 radical (unpaired) electrons. The van der Waals surface area contributed by atoms with Crippen molar-refractivity contribution in [3.05, 3.63) is 45.6 Å². The molecule has 2 aromatic rings. The summed E-state index contributed by atoms with van der Waals surface area (Å²) in [5.41, 5.74) is 0.799. The topological polar surface area (TPSA) is 39.4 Å². The monoisotopic (exact) mass is 314 g/mol. The van der Waals surface area contributed by atoms with Gasteiger partial charge in [-0.05, 0) is 40.2 Å². The highest BCUT2D eigenvalue weighted by atomic mass is 79.9. The highest BCUT2D eigenvalue weighted by Crippen LogP contribution is 2.29. The van der Waals surface area contributed by atoms with Crippen LogP contribution in [0.3, 0.4) is 0 Å². The van der Waals surface area contributed by atoms with Crippen LogP contribution in [-0.2, 0) is 4.74 Å². The van der Waals surface area contributed by atoms with Crippen LogP contribution in [0.25, 0.3) is 11.3 Å². The molecule has 0 fully saturated rings. The van der Waals surface area contributed by atoms with Crippen LogP contribution in [0.1, 0.15) is 10.6 Å². The summed E-state index contributed by atoms with van der Waals surface area (Å²) in [5, 5.41) is 0.582. The average molecular weight is 316 g/mol. The molecular formula is C12H8BrClO3. The van der Waals surface area contributed by atoms with E-state index in [2.05, 4.69) is 20.7 Å². The van der Waals surface area contributed by atoms with E-state index < -0.39 is 5.97 Å². The SMILES string of the molecule is COC(=O)c1ccc(-c2ccc(Br)c(Cl)c2)o1. The van der Waals surface area contributed by atoms with Crippen LogP contribution in [0.2, 0.25) is 5.02 Å². The first-order chi connectivity index (χ1) is 8.11. The van der Waals surface area contributed by atoms with Gasteiger partial charge in [0.1, 0.15) is 5.76 Å². The second kappa shape index (κ2) is 4.94. The lowest BCUT2D eigenvalue weighted by atomic mass is 10.2. The first-order valence-electron chi connectivity index (χ1n) is 4.75. The summed E-state index contributed by atoms with van der Waals surface area (Å²) in [5.74, 6) is 0.237. The Morgan fingerprint density at radius 3 is 2.76 bits per heavy atom. The average Bonchev–Trinajstić information content (AvgIpc) is 2.81. The third-order valence-corrected chi connectivity index (χ3v) is 3.43. The first kappa shape index (κ1) is 12.2. The molecule has 1 aromatic carbocycles. The molecule has 1 heterocycles. The Labute approximate surface area is 111 Å². The zero-order valence-corrected chi connectivity index (χ0v) is 11.2. The number of hydrogen-bond acceptors (Lipinski definition) is 3. The van der Waals surface area contributed by atoms with Gasteiger partial charge in [0.05, 0.1) is 12.1 Å². The van der Waals surface area contributed by atoms with Gasteiger partial charge >= 0.3 is 5.97 Å². The zero-order chi connectivity index (χ0) is 12.4. The minimum atomic E-state index is -0.501. The van der Waals surface area contributed by atoms with Gasteiger partial charge in [-0.25, -0.2) is 4.79 Å². The molecule has 0 bridgehead atoms. The molecule has 0 saturated carbocycles. The fourth-order valence-corrected chi connectivity index (χ4v) is 1.78. The van der Waals surface area contributed by atoms with E-state index in [9.17, 15) is 4.79 Å². The van der Waals surface area contributed by atoms with Gasteiger partial charge in [0, 0.05) is 10.0 Å². The molecule has 2 rings (SSSR count). The second-order valence-electron chi connectivity index (χ2n) is 3.28. The molecule has 1 aromatic heterocycles. The number of furan rings is 1. The van der Waals surface area contributed by atoms with E-state index in [4.69, 9.17) is 16.0 Å². The predicted octanol–water partition coefficient (Wildman–Crippen LogP) is 4.15. The quantitative estimate of drug-likeness (QED) is 0.782. The summed E-state index contributed by atoms with van der Waals surface area (Å²) in [6.45, 7) is 0. The van der Waals surface area contributed by atoms with E-state index in [1.165, 1.54) is 7.11 Å². The molecule has 17 heavy (non-hydrogen) atoms. The lowest BCUT2D eigenvalue weighted by molar-refractivity contribution is 0.0566. The Bertz CT molecular complexity index is 563. The molecule has 0 unspecified atom stereocenters. The molecule has 0 spiro atoms. The van der Waals surface area contributed by atoms with Crippen LogP contribution >= 0.6 is 27.5 Å². The fourth-order valence-electron chi connectivity index (χ4n) is 1.35. The minimum Gasteiger partial charge on any atom is -0.463 e. The number of carbonyl (C=O) groups is 1. The number of benzene rings is 1. The third kappa shape index (κ3) is 2.53. The van der Waals surface area contributed by atoms with Gasteiger partial charge in [-0.1, -0.05) is 17.7 Å². The molecule has 0 aliphatic heterocycles. The standard InChI is InChI=1S/C12H8BrClO3/c1-16-12(15)11-5-4-10(17-11)7-2-3-8(13)9(14)6-7/h2-6H,1H3. The van der Waals surface area contributed by atoms with Gasteiger partial charge in [0.15, 0.2) is 0 Å². The molecule has 0 aliphatic rings. The molecular weight excluding hydrogens is 307 g/mol. The summed E-state index contributed by atoms with van der Waals surface area (Å²) >= 11 is 9.29. The smallest absolute Gasteiger partial charge is 0.373 e. The van der Waals surface area contributed by atoms with E-state index in [0.717, 1.165) is 10.0 Å². The second-order valence-corrected chi connectivity index (χ2v) is 4.55. The van der Waals surface area contributed by atoms with E-state index in [-0.39, 0.29) is 5.76 Å². The minimum absolute atomic E-state index is 0.168. The van der Waals surface area contributed by atoms with Gasteiger partial charge in [-0.3, -0.25) is 0 Å². The Morgan fingerprint density at radius 1 is 1.35 bits per heavy atom. The van der Waals surface area contributed by atoms with Crippen LogP contribution in [0.15, 0.2) is 39.2 Å². The summed E-state index contributed by atoms with van der Waals surface area (Å²) in [4.78, 5) is 11.2. The van der Waals surface area contributed by atoms with Crippen molar-refractivity contribution >= 4 is 33.5 Å². The predicted molar refractivity (Wildman–Crippen MR) is 68.2 cm³/mol. The van der Waals surface area contributed by atoms with Crippen LogP contribution in [0.5, 0.6) is 0 Å². The number of carbonyl (C=O) groups excluding carboxylic acids is 1. The number of ether oxygens (including phenoxy) is 1. The number of methoxy groups -OCH3 is 1. The Hall–Kier alpha value is -1.26. The third-order valence-electron chi connectivity index (χ3n) is 2.20. The van der Waals surface area contributed by atoms with Crippen LogP contribution in [0.4, 0.5) is 0 Å². The van der Waals surface area contributed by atoms with E-state index in [1.54, 1.807) is 18.2 Å². The molecule has 88 valence electrons. The van der Waals surface area contributed by atoms with Crippen molar-refractivity contribution in [2.45, 2.75) is 0 Å². The number of halogens is 2. The molecule has 0 saturated heterocycles. The van der Waals surface area contributed by atoms with Gasteiger partial charge in [0.2, 0.25) is 5.76 Å².